The number of fused-ring (bicyclic) bond motifs is 1. The van der Waals surface area contributed by atoms with Crippen molar-refractivity contribution in [2.45, 2.75) is 0 Å². The van der Waals surface area contributed by atoms with Crippen LogP contribution in [-0.4, -0.2) is 12.6 Å². The Hall–Kier alpha value is -2.09. The van der Waals surface area contributed by atoms with Gasteiger partial charge in [-0.2, -0.15) is 0 Å². The van der Waals surface area contributed by atoms with E-state index < -0.39 is 0 Å². The fraction of sp³-hybridized carbons (Fsp3) is 0.0714. The van der Waals surface area contributed by atoms with Gasteiger partial charge < -0.3 is 4.74 Å². The molecule has 0 aliphatic heterocycles. The van der Waals surface area contributed by atoms with Crippen LogP contribution in [0.5, 0.6) is 0 Å². The molecular weight excluding hydrogens is 200 g/mol. The molecule has 16 heavy (non-hydrogen) atoms. The minimum absolute atomic E-state index is 0.238. The highest BCUT2D eigenvalue weighted by Gasteiger charge is 2.09. The molecule has 0 amide bonds. The van der Waals surface area contributed by atoms with Crippen LogP contribution in [0.2, 0.25) is 0 Å². The summed E-state index contributed by atoms with van der Waals surface area (Å²) in [5.74, 6) is -0.309. The molecule has 0 bridgehead atoms. The Kier molecular flexibility index (Phi) is 3.01. The average Bonchev–Trinajstić information content (AvgIpc) is 2.35. The predicted octanol–water partition coefficient (Wildman–Crippen LogP) is 3.18. The number of ether oxygens (including phenoxy) is 1. The van der Waals surface area contributed by atoms with Gasteiger partial charge >= 0.3 is 5.97 Å². The van der Waals surface area contributed by atoms with E-state index in [2.05, 4.69) is 6.58 Å². The van der Waals surface area contributed by atoms with E-state index in [-0.39, 0.29) is 12.6 Å². The smallest absolute Gasteiger partial charge is 0.339 e. The van der Waals surface area contributed by atoms with E-state index in [1.165, 1.54) is 0 Å². The van der Waals surface area contributed by atoms with Gasteiger partial charge in [-0.25, -0.2) is 4.79 Å². The van der Waals surface area contributed by atoms with Gasteiger partial charge in [0, 0.05) is 0 Å². The lowest BCUT2D eigenvalue weighted by molar-refractivity contribution is 0.0552. The molecule has 2 heteroatoms. The SMILES string of the molecule is C=CCOC(=O)c1cccc2ccccc12. The molecule has 0 aliphatic rings. The van der Waals surface area contributed by atoms with Crippen LogP contribution < -0.4 is 0 Å². The van der Waals surface area contributed by atoms with Gasteiger partial charge in [-0.05, 0) is 16.8 Å². The topological polar surface area (TPSA) is 26.3 Å². The third kappa shape index (κ3) is 1.96. The molecule has 0 saturated heterocycles. The van der Waals surface area contributed by atoms with Crippen LogP contribution in [0.15, 0.2) is 55.1 Å². The minimum Gasteiger partial charge on any atom is -0.458 e. The van der Waals surface area contributed by atoms with Crippen LogP contribution in [0.25, 0.3) is 10.8 Å². The quantitative estimate of drug-likeness (QED) is 0.577. The molecular formula is C14H12O2. The number of esters is 1. The number of carbonyl (C=O) groups excluding carboxylic acids is 1. The predicted molar refractivity (Wildman–Crippen MR) is 64.4 cm³/mol. The highest BCUT2D eigenvalue weighted by atomic mass is 16.5. The van der Waals surface area contributed by atoms with Crippen molar-refractivity contribution in [3.8, 4) is 0 Å². The van der Waals surface area contributed by atoms with Crippen molar-refractivity contribution in [2.24, 2.45) is 0 Å². The normalized spacial score (nSPS) is 10.0. The average molecular weight is 212 g/mol. The highest BCUT2D eigenvalue weighted by Crippen LogP contribution is 2.19. The summed E-state index contributed by atoms with van der Waals surface area (Å²) < 4.78 is 5.03. The fourth-order valence-corrected chi connectivity index (χ4v) is 1.62. The van der Waals surface area contributed by atoms with Crippen LogP contribution >= 0.6 is 0 Å². The van der Waals surface area contributed by atoms with E-state index in [0.29, 0.717) is 5.56 Å². The van der Waals surface area contributed by atoms with Gasteiger partial charge in [-0.1, -0.05) is 49.1 Å². The van der Waals surface area contributed by atoms with Gasteiger partial charge in [0.2, 0.25) is 0 Å². The molecule has 0 atom stereocenters. The Bertz CT molecular complexity index is 524. The molecule has 2 rings (SSSR count). The lowest BCUT2D eigenvalue weighted by atomic mass is 10.1. The summed E-state index contributed by atoms with van der Waals surface area (Å²) in [7, 11) is 0. The van der Waals surface area contributed by atoms with E-state index in [9.17, 15) is 4.79 Å². The number of rotatable bonds is 3. The van der Waals surface area contributed by atoms with Crippen LogP contribution in [0.1, 0.15) is 10.4 Å². The Balaban J connectivity index is 2.44. The molecule has 0 radical (unpaired) electrons. The standard InChI is InChI=1S/C14H12O2/c1-2-10-16-14(15)13-9-5-7-11-6-3-4-8-12(11)13/h2-9H,1,10H2. The van der Waals surface area contributed by atoms with Crippen LogP contribution in [0.4, 0.5) is 0 Å². The first-order chi connectivity index (χ1) is 7.83. The molecule has 0 saturated carbocycles. The van der Waals surface area contributed by atoms with Crippen LogP contribution in [0, 0.1) is 0 Å². The Morgan fingerprint density at radius 3 is 2.75 bits per heavy atom. The number of hydrogen-bond donors (Lipinski definition) is 0. The molecule has 0 aliphatic carbocycles. The van der Waals surface area contributed by atoms with Crippen molar-refractivity contribution in [2.75, 3.05) is 6.61 Å². The number of carbonyl (C=O) groups is 1. The van der Waals surface area contributed by atoms with E-state index in [4.69, 9.17) is 4.74 Å². The maximum atomic E-state index is 11.7. The Labute approximate surface area is 94.2 Å². The zero-order chi connectivity index (χ0) is 11.4. The van der Waals surface area contributed by atoms with Crippen molar-refractivity contribution >= 4 is 16.7 Å². The van der Waals surface area contributed by atoms with Gasteiger partial charge in [0.25, 0.3) is 0 Å². The molecule has 0 heterocycles. The molecule has 0 unspecified atom stereocenters. The van der Waals surface area contributed by atoms with E-state index in [0.717, 1.165) is 10.8 Å². The molecule has 2 aromatic rings. The maximum Gasteiger partial charge on any atom is 0.339 e. The second-order valence-corrected chi connectivity index (χ2v) is 3.41. The summed E-state index contributed by atoms with van der Waals surface area (Å²) in [6, 6.07) is 13.3. The van der Waals surface area contributed by atoms with Crippen LogP contribution in [0.3, 0.4) is 0 Å². The molecule has 0 fully saturated rings. The van der Waals surface area contributed by atoms with Gasteiger partial charge in [-0.3, -0.25) is 0 Å². The third-order valence-electron chi connectivity index (χ3n) is 2.34. The first-order valence-corrected chi connectivity index (χ1v) is 5.08. The van der Waals surface area contributed by atoms with Crippen molar-refractivity contribution in [1.82, 2.24) is 0 Å². The van der Waals surface area contributed by atoms with Gasteiger partial charge in [0.05, 0.1) is 5.56 Å². The fourth-order valence-electron chi connectivity index (χ4n) is 1.62. The lowest BCUT2D eigenvalue weighted by Crippen LogP contribution is -2.05. The van der Waals surface area contributed by atoms with Crippen molar-refractivity contribution in [3.05, 3.63) is 60.7 Å². The van der Waals surface area contributed by atoms with E-state index >= 15 is 0 Å². The molecule has 0 N–H and O–H groups in total. The third-order valence-corrected chi connectivity index (χ3v) is 2.34. The summed E-state index contributed by atoms with van der Waals surface area (Å²) in [6.07, 6.45) is 1.56. The summed E-state index contributed by atoms with van der Waals surface area (Å²) in [4.78, 5) is 11.7. The summed E-state index contributed by atoms with van der Waals surface area (Å²) in [5, 5.41) is 1.95. The number of benzene rings is 2. The first kappa shape index (κ1) is 10.4. The lowest BCUT2D eigenvalue weighted by Gasteiger charge is -2.05. The Morgan fingerprint density at radius 1 is 1.19 bits per heavy atom. The highest BCUT2D eigenvalue weighted by molar-refractivity contribution is 6.04. The maximum absolute atomic E-state index is 11.7. The van der Waals surface area contributed by atoms with Crippen molar-refractivity contribution in [1.29, 1.82) is 0 Å². The van der Waals surface area contributed by atoms with Gasteiger partial charge in [-0.15, -0.1) is 0 Å². The molecule has 2 aromatic carbocycles. The molecule has 0 spiro atoms. The second kappa shape index (κ2) is 4.62. The summed E-state index contributed by atoms with van der Waals surface area (Å²) in [5.41, 5.74) is 0.597. The monoisotopic (exact) mass is 212 g/mol. The summed E-state index contributed by atoms with van der Waals surface area (Å²) >= 11 is 0. The summed E-state index contributed by atoms with van der Waals surface area (Å²) in [6.45, 7) is 3.75. The second-order valence-electron chi connectivity index (χ2n) is 3.41. The number of hydrogen-bond acceptors (Lipinski definition) is 2. The van der Waals surface area contributed by atoms with E-state index in [1.54, 1.807) is 12.1 Å². The van der Waals surface area contributed by atoms with Gasteiger partial charge in [0.15, 0.2) is 0 Å². The van der Waals surface area contributed by atoms with Gasteiger partial charge in [0.1, 0.15) is 6.61 Å². The zero-order valence-electron chi connectivity index (χ0n) is 8.85. The first-order valence-electron chi connectivity index (χ1n) is 5.08. The zero-order valence-corrected chi connectivity index (χ0v) is 8.85. The van der Waals surface area contributed by atoms with Crippen LogP contribution in [-0.2, 0) is 4.74 Å². The van der Waals surface area contributed by atoms with E-state index in [1.807, 2.05) is 36.4 Å². The molecule has 0 aromatic heterocycles. The Morgan fingerprint density at radius 2 is 1.94 bits per heavy atom. The largest absolute Gasteiger partial charge is 0.458 e. The minimum atomic E-state index is -0.309. The van der Waals surface area contributed by atoms with Crippen molar-refractivity contribution < 1.29 is 9.53 Å². The van der Waals surface area contributed by atoms with Crippen molar-refractivity contribution in [3.63, 3.8) is 0 Å². The molecule has 2 nitrogen and oxygen atoms in total. The molecule has 80 valence electrons.